The fourth-order valence-corrected chi connectivity index (χ4v) is 2.56. The van der Waals surface area contributed by atoms with Crippen molar-refractivity contribution in [3.8, 4) is 0 Å². The molecule has 0 saturated carbocycles. The van der Waals surface area contributed by atoms with Gasteiger partial charge in [-0.1, -0.05) is 52.3 Å². The van der Waals surface area contributed by atoms with Gasteiger partial charge in [0.05, 0.1) is 6.04 Å². The molecule has 20 heavy (non-hydrogen) atoms. The third kappa shape index (κ3) is 3.48. The predicted octanol–water partition coefficient (Wildman–Crippen LogP) is 4.17. The molecule has 2 nitrogen and oxygen atoms in total. The fraction of sp³-hybridized carbons (Fsp3) is 0.235. The third-order valence-corrected chi connectivity index (χ3v) is 4.08. The Bertz CT molecular complexity index is 595. The van der Waals surface area contributed by atoms with Crippen LogP contribution in [0.4, 0.5) is 0 Å². The summed E-state index contributed by atoms with van der Waals surface area (Å²) in [6.07, 6.45) is 0. The zero-order valence-corrected chi connectivity index (χ0v) is 13.3. The summed E-state index contributed by atoms with van der Waals surface area (Å²) in [5, 5.41) is 3.75. The Hall–Kier alpha value is -1.61. The lowest BCUT2D eigenvalue weighted by Crippen LogP contribution is -2.29. The minimum atomic E-state index is -0.0404. The third-order valence-electron chi connectivity index (χ3n) is 3.43. The summed E-state index contributed by atoms with van der Waals surface area (Å²) in [7, 11) is 0. The van der Waals surface area contributed by atoms with Crippen molar-refractivity contribution in [2.45, 2.75) is 19.9 Å². The second-order valence-corrected chi connectivity index (χ2v) is 5.54. The summed E-state index contributed by atoms with van der Waals surface area (Å²) < 4.78 is 0. The molecule has 0 aliphatic heterocycles. The maximum Gasteiger partial charge on any atom is 0.251 e. The van der Waals surface area contributed by atoms with E-state index in [2.05, 4.69) is 21.2 Å². The molecule has 0 spiro atoms. The molecule has 104 valence electrons. The van der Waals surface area contributed by atoms with Gasteiger partial charge in [-0.15, -0.1) is 0 Å². The Kier molecular flexibility index (Phi) is 4.96. The number of carbonyl (C=O) groups is 1. The molecule has 0 aromatic heterocycles. The first kappa shape index (κ1) is 14.8. The van der Waals surface area contributed by atoms with Gasteiger partial charge in [0.2, 0.25) is 0 Å². The average molecular weight is 332 g/mol. The Balaban J connectivity index is 2.15. The van der Waals surface area contributed by atoms with Gasteiger partial charge >= 0.3 is 0 Å². The molecular formula is C17H18BrNO. The largest absolute Gasteiger partial charge is 0.344 e. The van der Waals surface area contributed by atoms with E-state index >= 15 is 0 Å². The van der Waals surface area contributed by atoms with Crippen LogP contribution in [0.15, 0.2) is 48.5 Å². The molecule has 0 bridgehead atoms. The number of aryl methyl sites for hydroxylation is 2. The number of nitrogens with one attached hydrogen (secondary N) is 1. The molecule has 0 aliphatic carbocycles. The summed E-state index contributed by atoms with van der Waals surface area (Å²) in [5.74, 6) is -0.0404. The van der Waals surface area contributed by atoms with E-state index in [9.17, 15) is 4.79 Å². The summed E-state index contributed by atoms with van der Waals surface area (Å²) in [5.41, 5.74) is 4.13. The average Bonchev–Trinajstić information content (AvgIpc) is 2.48. The van der Waals surface area contributed by atoms with Gasteiger partial charge in [-0.2, -0.15) is 0 Å². The van der Waals surface area contributed by atoms with E-state index in [1.807, 2.05) is 62.4 Å². The Labute approximate surface area is 128 Å². The smallest absolute Gasteiger partial charge is 0.251 e. The number of alkyl halides is 1. The van der Waals surface area contributed by atoms with Crippen molar-refractivity contribution in [3.63, 3.8) is 0 Å². The Morgan fingerprint density at radius 1 is 1.10 bits per heavy atom. The summed E-state index contributed by atoms with van der Waals surface area (Å²) >= 11 is 3.46. The van der Waals surface area contributed by atoms with E-state index in [0.29, 0.717) is 10.9 Å². The number of rotatable bonds is 4. The van der Waals surface area contributed by atoms with Gasteiger partial charge in [0.15, 0.2) is 0 Å². The zero-order valence-electron chi connectivity index (χ0n) is 11.7. The van der Waals surface area contributed by atoms with E-state index in [0.717, 1.165) is 11.1 Å². The molecule has 2 rings (SSSR count). The van der Waals surface area contributed by atoms with Crippen LogP contribution in [0.25, 0.3) is 0 Å². The molecule has 2 aromatic rings. The van der Waals surface area contributed by atoms with Crippen molar-refractivity contribution in [1.82, 2.24) is 5.32 Å². The maximum atomic E-state index is 12.3. The zero-order chi connectivity index (χ0) is 14.5. The van der Waals surface area contributed by atoms with Crippen LogP contribution < -0.4 is 5.32 Å². The first-order valence-corrected chi connectivity index (χ1v) is 7.73. The van der Waals surface area contributed by atoms with E-state index in [4.69, 9.17) is 0 Å². The standard InChI is InChI=1S/C17H18BrNO/c1-12-8-9-15(10-13(12)2)17(20)19-16(11-18)14-6-4-3-5-7-14/h3-10,16H,11H2,1-2H3,(H,19,20). The van der Waals surface area contributed by atoms with Crippen LogP contribution in [-0.4, -0.2) is 11.2 Å². The Morgan fingerprint density at radius 2 is 1.80 bits per heavy atom. The van der Waals surface area contributed by atoms with E-state index in [1.54, 1.807) is 0 Å². The molecule has 1 N–H and O–H groups in total. The summed E-state index contributed by atoms with van der Waals surface area (Å²) in [6.45, 7) is 4.06. The molecule has 1 amide bonds. The van der Waals surface area contributed by atoms with Crippen molar-refractivity contribution in [1.29, 1.82) is 0 Å². The minimum Gasteiger partial charge on any atom is -0.344 e. The first-order chi connectivity index (χ1) is 9.61. The number of halogens is 1. The lowest BCUT2D eigenvalue weighted by atomic mass is 10.0. The fourth-order valence-electron chi connectivity index (χ4n) is 2.02. The van der Waals surface area contributed by atoms with Crippen LogP contribution in [0, 0.1) is 13.8 Å². The van der Waals surface area contributed by atoms with Crippen LogP contribution in [0.2, 0.25) is 0 Å². The lowest BCUT2D eigenvalue weighted by molar-refractivity contribution is 0.0940. The van der Waals surface area contributed by atoms with Crippen molar-refractivity contribution < 1.29 is 4.79 Å². The minimum absolute atomic E-state index is 0.0229. The number of hydrogen-bond acceptors (Lipinski definition) is 1. The molecule has 0 aliphatic rings. The molecule has 2 aromatic carbocycles. The summed E-state index contributed by atoms with van der Waals surface area (Å²) in [4.78, 5) is 12.3. The molecule has 0 fully saturated rings. The topological polar surface area (TPSA) is 29.1 Å². The molecule has 0 saturated heterocycles. The van der Waals surface area contributed by atoms with Gasteiger partial charge in [0, 0.05) is 10.9 Å². The van der Waals surface area contributed by atoms with E-state index in [-0.39, 0.29) is 11.9 Å². The molecule has 0 heterocycles. The highest BCUT2D eigenvalue weighted by atomic mass is 79.9. The molecular weight excluding hydrogens is 314 g/mol. The molecule has 3 heteroatoms. The van der Waals surface area contributed by atoms with E-state index in [1.165, 1.54) is 5.56 Å². The monoisotopic (exact) mass is 331 g/mol. The van der Waals surface area contributed by atoms with Crippen molar-refractivity contribution in [2.75, 3.05) is 5.33 Å². The van der Waals surface area contributed by atoms with Crippen LogP contribution in [-0.2, 0) is 0 Å². The highest BCUT2D eigenvalue weighted by Crippen LogP contribution is 2.17. The second-order valence-electron chi connectivity index (χ2n) is 4.89. The van der Waals surface area contributed by atoms with Crippen LogP contribution in [0.5, 0.6) is 0 Å². The SMILES string of the molecule is Cc1ccc(C(=O)NC(CBr)c2ccccc2)cc1C. The van der Waals surface area contributed by atoms with E-state index < -0.39 is 0 Å². The van der Waals surface area contributed by atoms with Crippen molar-refractivity contribution in [2.24, 2.45) is 0 Å². The molecule has 0 radical (unpaired) electrons. The van der Waals surface area contributed by atoms with Gasteiger partial charge in [-0.25, -0.2) is 0 Å². The van der Waals surface area contributed by atoms with Gasteiger partial charge in [-0.05, 0) is 42.7 Å². The first-order valence-electron chi connectivity index (χ1n) is 6.61. The number of carbonyl (C=O) groups excluding carboxylic acids is 1. The summed E-state index contributed by atoms with van der Waals surface area (Å²) in [6, 6.07) is 15.7. The maximum absolute atomic E-state index is 12.3. The number of benzene rings is 2. The van der Waals surface area contributed by atoms with Gasteiger partial charge in [-0.3, -0.25) is 4.79 Å². The van der Waals surface area contributed by atoms with Gasteiger partial charge < -0.3 is 5.32 Å². The van der Waals surface area contributed by atoms with Crippen LogP contribution >= 0.6 is 15.9 Å². The van der Waals surface area contributed by atoms with Crippen LogP contribution in [0.3, 0.4) is 0 Å². The van der Waals surface area contributed by atoms with Crippen LogP contribution in [0.1, 0.15) is 33.1 Å². The lowest BCUT2D eigenvalue weighted by Gasteiger charge is -2.17. The highest BCUT2D eigenvalue weighted by Gasteiger charge is 2.14. The number of amides is 1. The quantitative estimate of drug-likeness (QED) is 0.837. The molecule has 1 unspecified atom stereocenters. The van der Waals surface area contributed by atoms with Crippen molar-refractivity contribution >= 4 is 21.8 Å². The highest BCUT2D eigenvalue weighted by molar-refractivity contribution is 9.09. The Morgan fingerprint density at radius 3 is 2.40 bits per heavy atom. The van der Waals surface area contributed by atoms with Gasteiger partial charge in [0.1, 0.15) is 0 Å². The second kappa shape index (κ2) is 6.71. The normalized spacial score (nSPS) is 11.9. The van der Waals surface area contributed by atoms with Gasteiger partial charge in [0.25, 0.3) is 5.91 Å². The van der Waals surface area contributed by atoms with Crippen molar-refractivity contribution in [3.05, 3.63) is 70.8 Å². The molecule has 1 atom stereocenters. The number of hydrogen-bond donors (Lipinski definition) is 1. The predicted molar refractivity (Wildman–Crippen MR) is 86.4 cm³/mol.